The first kappa shape index (κ1) is 18.6. The molecule has 1 saturated heterocycles. The van der Waals surface area contributed by atoms with Gasteiger partial charge in [0.05, 0.1) is 7.11 Å². The van der Waals surface area contributed by atoms with Crippen molar-refractivity contribution >= 4 is 17.5 Å². The van der Waals surface area contributed by atoms with E-state index in [0.29, 0.717) is 43.3 Å². The number of nitrogens with zero attached hydrogens (tertiary/aromatic N) is 3. The quantitative estimate of drug-likeness (QED) is 0.765. The minimum atomic E-state index is -0.234. The van der Waals surface area contributed by atoms with Gasteiger partial charge in [-0.3, -0.25) is 14.4 Å². The molecule has 0 bridgehead atoms. The lowest BCUT2D eigenvalue weighted by Crippen LogP contribution is -2.50. The van der Waals surface area contributed by atoms with Gasteiger partial charge in [0.2, 0.25) is 5.91 Å². The number of amides is 1. The SMILES string of the molecule is COc1ccc(C(=O)CCC(=O)N2CCN(c3ncc[nH]c3=O)CC2)cc1. The van der Waals surface area contributed by atoms with Crippen LogP contribution in [-0.2, 0) is 4.79 Å². The number of carbonyl (C=O) groups is 2. The van der Waals surface area contributed by atoms with Crippen LogP contribution < -0.4 is 15.2 Å². The Morgan fingerprint density at radius 3 is 2.44 bits per heavy atom. The minimum absolute atomic E-state index is 0.0496. The number of hydrogen-bond donors (Lipinski definition) is 1. The zero-order chi connectivity index (χ0) is 19.2. The molecule has 1 N–H and O–H groups in total. The Kier molecular flexibility index (Phi) is 5.85. The molecule has 1 aromatic carbocycles. The second kappa shape index (κ2) is 8.48. The molecule has 8 heteroatoms. The van der Waals surface area contributed by atoms with Gasteiger partial charge >= 0.3 is 0 Å². The molecule has 0 radical (unpaired) electrons. The van der Waals surface area contributed by atoms with Crippen molar-refractivity contribution in [3.05, 3.63) is 52.6 Å². The van der Waals surface area contributed by atoms with E-state index in [4.69, 9.17) is 4.74 Å². The molecule has 1 amide bonds. The molecule has 0 spiro atoms. The van der Waals surface area contributed by atoms with E-state index in [1.54, 1.807) is 42.5 Å². The molecule has 0 aliphatic carbocycles. The first-order valence-corrected chi connectivity index (χ1v) is 8.82. The van der Waals surface area contributed by atoms with E-state index in [-0.39, 0.29) is 30.1 Å². The van der Waals surface area contributed by atoms with E-state index in [1.807, 2.05) is 4.90 Å². The molecule has 3 rings (SSSR count). The number of piperazine rings is 1. The van der Waals surface area contributed by atoms with Crippen molar-refractivity contribution in [2.45, 2.75) is 12.8 Å². The van der Waals surface area contributed by atoms with Crippen molar-refractivity contribution in [3.8, 4) is 5.75 Å². The number of hydrogen-bond acceptors (Lipinski definition) is 6. The number of nitrogens with one attached hydrogen (secondary N) is 1. The Morgan fingerprint density at radius 1 is 1.11 bits per heavy atom. The van der Waals surface area contributed by atoms with Gasteiger partial charge in [0.1, 0.15) is 5.75 Å². The fourth-order valence-corrected chi connectivity index (χ4v) is 3.04. The maximum atomic E-state index is 12.4. The van der Waals surface area contributed by atoms with Crippen LogP contribution >= 0.6 is 0 Å². The lowest BCUT2D eigenvalue weighted by Gasteiger charge is -2.34. The monoisotopic (exact) mass is 370 g/mol. The smallest absolute Gasteiger partial charge is 0.290 e. The number of anilines is 1. The van der Waals surface area contributed by atoms with E-state index in [0.717, 1.165) is 0 Å². The van der Waals surface area contributed by atoms with Crippen LogP contribution in [0.15, 0.2) is 41.5 Å². The fourth-order valence-electron chi connectivity index (χ4n) is 3.04. The molecule has 142 valence electrons. The van der Waals surface area contributed by atoms with Gasteiger partial charge in [-0.05, 0) is 24.3 Å². The third kappa shape index (κ3) is 4.52. The van der Waals surface area contributed by atoms with E-state index in [9.17, 15) is 14.4 Å². The third-order valence-electron chi connectivity index (χ3n) is 4.60. The molecule has 2 heterocycles. The summed E-state index contributed by atoms with van der Waals surface area (Å²) in [4.78, 5) is 46.7. The topological polar surface area (TPSA) is 95.6 Å². The van der Waals surface area contributed by atoms with Gasteiger partial charge in [0.25, 0.3) is 5.56 Å². The zero-order valence-corrected chi connectivity index (χ0v) is 15.2. The third-order valence-corrected chi connectivity index (χ3v) is 4.60. The molecule has 27 heavy (non-hydrogen) atoms. The molecule has 0 atom stereocenters. The van der Waals surface area contributed by atoms with Gasteiger partial charge < -0.3 is 19.5 Å². The molecular formula is C19H22N4O4. The Hall–Kier alpha value is -3.16. The molecular weight excluding hydrogens is 348 g/mol. The van der Waals surface area contributed by atoms with E-state index in [2.05, 4.69) is 9.97 Å². The lowest BCUT2D eigenvalue weighted by molar-refractivity contribution is -0.131. The van der Waals surface area contributed by atoms with Gasteiger partial charge in [0.15, 0.2) is 11.6 Å². The molecule has 1 aliphatic heterocycles. The predicted molar refractivity (Wildman–Crippen MR) is 100 cm³/mol. The average Bonchev–Trinajstić information content (AvgIpc) is 2.72. The largest absolute Gasteiger partial charge is 0.497 e. The number of ketones is 1. The number of aromatic nitrogens is 2. The minimum Gasteiger partial charge on any atom is -0.497 e. The summed E-state index contributed by atoms with van der Waals surface area (Å²) in [6.07, 6.45) is 3.38. The molecule has 0 unspecified atom stereocenters. The first-order chi connectivity index (χ1) is 13.1. The Labute approximate surface area is 156 Å². The number of H-pyrrole nitrogens is 1. The highest BCUT2D eigenvalue weighted by Crippen LogP contribution is 2.14. The van der Waals surface area contributed by atoms with Crippen LogP contribution in [0.5, 0.6) is 5.75 Å². The van der Waals surface area contributed by atoms with Crippen molar-refractivity contribution in [1.82, 2.24) is 14.9 Å². The lowest BCUT2D eigenvalue weighted by atomic mass is 10.1. The van der Waals surface area contributed by atoms with E-state index >= 15 is 0 Å². The van der Waals surface area contributed by atoms with Crippen molar-refractivity contribution in [2.75, 3.05) is 38.2 Å². The predicted octanol–water partition coefficient (Wildman–Crippen LogP) is 1.09. The van der Waals surface area contributed by atoms with Gasteiger partial charge in [-0.1, -0.05) is 0 Å². The number of rotatable bonds is 6. The number of Topliss-reactive ketones (excluding diaryl/α,β-unsaturated/α-hetero) is 1. The van der Waals surface area contributed by atoms with Crippen LogP contribution in [0.3, 0.4) is 0 Å². The average molecular weight is 370 g/mol. The summed E-state index contributed by atoms with van der Waals surface area (Å²) in [6, 6.07) is 6.87. The van der Waals surface area contributed by atoms with Crippen LogP contribution in [-0.4, -0.2) is 59.8 Å². The second-order valence-electron chi connectivity index (χ2n) is 6.26. The second-order valence-corrected chi connectivity index (χ2v) is 6.26. The normalized spacial score (nSPS) is 14.1. The zero-order valence-electron chi connectivity index (χ0n) is 15.2. The maximum absolute atomic E-state index is 12.4. The van der Waals surface area contributed by atoms with E-state index < -0.39 is 0 Å². The van der Waals surface area contributed by atoms with Gasteiger partial charge in [-0.2, -0.15) is 0 Å². The van der Waals surface area contributed by atoms with Crippen molar-refractivity contribution in [2.24, 2.45) is 0 Å². The number of aromatic amines is 1. The van der Waals surface area contributed by atoms with Gasteiger partial charge in [0, 0.05) is 57.0 Å². The number of methoxy groups -OCH3 is 1. The van der Waals surface area contributed by atoms with Gasteiger partial charge in [-0.25, -0.2) is 4.98 Å². The molecule has 0 saturated carbocycles. The highest BCUT2D eigenvalue weighted by molar-refractivity contribution is 5.98. The summed E-state index contributed by atoms with van der Waals surface area (Å²) < 4.78 is 5.07. The van der Waals surface area contributed by atoms with Crippen molar-refractivity contribution in [3.63, 3.8) is 0 Å². The highest BCUT2D eigenvalue weighted by atomic mass is 16.5. The van der Waals surface area contributed by atoms with Crippen LogP contribution in [0.25, 0.3) is 0 Å². The van der Waals surface area contributed by atoms with Crippen molar-refractivity contribution in [1.29, 1.82) is 0 Å². The molecule has 1 fully saturated rings. The van der Waals surface area contributed by atoms with Gasteiger partial charge in [-0.15, -0.1) is 0 Å². The summed E-state index contributed by atoms with van der Waals surface area (Å²) in [7, 11) is 1.57. The van der Waals surface area contributed by atoms with Crippen LogP contribution in [0.2, 0.25) is 0 Å². The summed E-state index contributed by atoms with van der Waals surface area (Å²) in [5.41, 5.74) is 0.338. The molecule has 1 aromatic heterocycles. The Morgan fingerprint density at radius 2 is 1.81 bits per heavy atom. The number of benzene rings is 1. The van der Waals surface area contributed by atoms with Crippen LogP contribution in [0.1, 0.15) is 23.2 Å². The summed E-state index contributed by atoms with van der Waals surface area (Å²) >= 11 is 0. The number of ether oxygens (including phenoxy) is 1. The summed E-state index contributed by atoms with van der Waals surface area (Å²) in [5, 5.41) is 0. The number of carbonyl (C=O) groups excluding carboxylic acids is 2. The Balaban J connectivity index is 1.48. The Bertz CT molecular complexity index is 855. The standard InChI is InChI=1S/C19H22N4O4/c1-27-15-4-2-14(3-5-15)16(24)6-7-17(25)22-10-12-23(13-11-22)18-19(26)21-9-8-20-18/h2-5,8-9H,6-7,10-13H2,1H3,(H,21,26). The molecule has 2 aromatic rings. The van der Waals surface area contributed by atoms with E-state index in [1.165, 1.54) is 6.20 Å². The fraction of sp³-hybridized carbons (Fsp3) is 0.368. The summed E-state index contributed by atoms with van der Waals surface area (Å²) in [5.74, 6) is 0.947. The van der Waals surface area contributed by atoms with Crippen LogP contribution in [0, 0.1) is 0 Å². The van der Waals surface area contributed by atoms with Crippen LogP contribution in [0.4, 0.5) is 5.82 Å². The molecule has 1 aliphatic rings. The molecule has 8 nitrogen and oxygen atoms in total. The first-order valence-electron chi connectivity index (χ1n) is 8.82. The maximum Gasteiger partial charge on any atom is 0.290 e. The summed E-state index contributed by atoms with van der Waals surface area (Å²) in [6.45, 7) is 2.09. The highest BCUT2D eigenvalue weighted by Gasteiger charge is 2.23. The van der Waals surface area contributed by atoms with Crippen molar-refractivity contribution < 1.29 is 14.3 Å².